The number of furan rings is 1. The third-order valence-corrected chi connectivity index (χ3v) is 4.28. The van der Waals surface area contributed by atoms with Gasteiger partial charge in [-0.1, -0.05) is 42.5 Å². The Kier molecular flexibility index (Phi) is 4.82. The maximum Gasteiger partial charge on any atom is 0.252 e. The van der Waals surface area contributed by atoms with Crippen LogP contribution in [0.4, 0.5) is 0 Å². The molecule has 1 aliphatic heterocycles. The van der Waals surface area contributed by atoms with Crippen molar-refractivity contribution >= 4 is 5.91 Å². The molecule has 2 heterocycles. The lowest BCUT2D eigenvalue weighted by Gasteiger charge is -2.18. The number of benzene rings is 2. The second kappa shape index (κ2) is 7.56. The van der Waals surface area contributed by atoms with Crippen molar-refractivity contribution in [3.63, 3.8) is 0 Å². The Balaban J connectivity index is 1.58. The lowest BCUT2D eigenvalue weighted by Crippen LogP contribution is -2.29. The van der Waals surface area contributed by atoms with E-state index in [-0.39, 0.29) is 11.9 Å². The van der Waals surface area contributed by atoms with E-state index >= 15 is 0 Å². The van der Waals surface area contributed by atoms with Gasteiger partial charge in [-0.05, 0) is 29.8 Å². The number of carbonyl (C=O) groups excluding carboxylic acids is 1. The van der Waals surface area contributed by atoms with Gasteiger partial charge in [0.05, 0.1) is 19.5 Å². The van der Waals surface area contributed by atoms with Gasteiger partial charge in [0, 0.05) is 11.1 Å². The van der Waals surface area contributed by atoms with Gasteiger partial charge in [-0.25, -0.2) is 0 Å². The summed E-state index contributed by atoms with van der Waals surface area (Å²) >= 11 is 0. The molecule has 0 radical (unpaired) electrons. The maximum atomic E-state index is 12.9. The normalized spacial score (nSPS) is 15.7. The number of hydrogen-bond acceptors (Lipinski definition) is 4. The van der Waals surface area contributed by atoms with Crippen LogP contribution in [0.15, 0.2) is 77.4 Å². The predicted molar refractivity (Wildman–Crippen MR) is 95.5 cm³/mol. The molecule has 0 aliphatic carbocycles. The second-order valence-corrected chi connectivity index (χ2v) is 6.03. The van der Waals surface area contributed by atoms with Gasteiger partial charge < -0.3 is 19.2 Å². The minimum absolute atomic E-state index is 0.185. The lowest BCUT2D eigenvalue weighted by molar-refractivity contribution is -0.0441. The fraction of sp³-hybridized carbons (Fsp3) is 0.190. The van der Waals surface area contributed by atoms with E-state index in [1.54, 1.807) is 18.4 Å². The molecule has 0 unspecified atom stereocenters. The van der Waals surface area contributed by atoms with Crippen LogP contribution in [0.25, 0.3) is 0 Å². The van der Waals surface area contributed by atoms with Crippen LogP contribution in [0.5, 0.6) is 0 Å². The Bertz CT molecular complexity index is 855. The Hall–Kier alpha value is -2.89. The highest BCUT2D eigenvalue weighted by molar-refractivity contribution is 5.94. The number of amides is 1. The fourth-order valence-corrected chi connectivity index (χ4v) is 3.01. The monoisotopic (exact) mass is 349 g/mol. The summed E-state index contributed by atoms with van der Waals surface area (Å²) in [5.41, 5.74) is 2.34. The van der Waals surface area contributed by atoms with Crippen molar-refractivity contribution in [1.82, 2.24) is 5.32 Å². The van der Waals surface area contributed by atoms with Crippen LogP contribution < -0.4 is 5.32 Å². The van der Waals surface area contributed by atoms with Crippen molar-refractivity contribution in [2.45, 2.75) is 12.3 Å². The molecule has 0 bridgehead atoms. The first-order valence-corrected chi connectivity index (χ1v) is 8.53. The zero-order valence-corrected chi connectivity index (χ0v) is 14.1. The first kappa shape index (κ1) is 16.6. The molecular weight excluding hydrogens is 330 g/mol. The van der Waals surface area contributed by atoms with Crippen molar-refractivity contribution in [3.05, 3.63) is 95.4 Å². The van der Waals surface area contributed by atoms with Crippen molar-refractivity contribution in [2.24, 2.45) is 0 Å². The molecule has 4 rings (SSSR count). The molecule has 1 saturated heterocycles. The number of rotatable bonds is 5. The summed E-state index contributed by atoms with van der Waals surface area (Å²) in [6.45, 7) is 1.13. The van der Waals surface area contributed by atoms with Crippen LogP contribution >= 0.6 is 0 Å². The predicted octanol–water partition coefficient (Wildman–Crippen LogP) is 3.84. The summed E-state index contributed by atoms with van der Waals surface area (Å²) in [6, 6.07) is 20.4. The summed E-state index contributed by atoms with van der Waals surface area (Å²) in [5.74, 6) is 0.498. The Morgan fingerprint density at radius 3 is 2.50 bits per heavy atom. The van der Waals surface area contributed by atoms with E-state index < -0.39 is 6.29 Å². The van der Waals surface area contributed by atoms with E-state index in [1.807, 2.05) is 54.6 Å². The van der Waals surface area contributed by atoms with Crippen molar-refractivity contribution in [3.8, 4) is 0 Å². The molecule has 26 heavy (non-hydrogen) atoms. The van der Waals surface area contributed by atoms with Crippen LogP contribution in [0.2, 0.25) is 0 Å². The van der Waals surface area contributed by atoms with Crippen LogP contribution in [0.3, 0.4) is 0 Å². The standard InChI is InChI=1S/C21H19NO4/c23-20(16-8-4-9-17(14-16)21-25-12-13-26-21)22-19(18-10-5-11-24-18)15-6-2-1-3-7-15/h1-11,14,19,21H,12-13H2,(H,22,23)/t19-/m1/s1. The Morgan fingerprint density at radius 1 is 0.962 bits per heavy atom. The van der Waals surface area contributed by atoms with Gasteiger partial charge in [-0.2, -0.15) is 0 Å². The molecule has 1 amide bonds. The summed E-state index contributed by atoms with van der Waals surface area (Å²) in [7, 11) is 0. The summed E-state index contributed by atoms with van der Waals surface area (Å²) < 4.78 is 16.6. The number of nitrogens with one attached hydrogen (secondary N) is 1. The fourth-order valence-electron chi connectivity index (χ4n) is 3.01. The minimum Gasteiger partial charge on any atom is -0.467 e. The van der Waals surface area contributed by atoms with E-state index in [4.69, 9.17) is 13.9 Å². The summed E-state index contributed by atoms with van der Waals surface area (Å²) in [4.78, 5) is 12.9. The van der Waals surface area contributed by atoms with Gasteiger partial charge in [0.25, 0.3) is 5.91 Å². The van der Waals surface area contributed by atoms with Gasteiger partial charge >= 0.3 is 0 Å². The zero-order valence-electron chi connectivity index (χ0n) is 14.1. The second-order valence-electron chi connectivity index (χ2n) is 6.03. The molecule has 1 aromatic heterocycles. The summed E-state index contributed by atoms with van der Waals surface area (Å²) in [6.07, 6.45) is 1.20. The zero-order chi connectivity index (χ0) is 17.8. The largest absolute Gasteiger partial charge is 0.467 e. The van der Waals surface area contributed by atoms with Gasteiger partial charge in [0.2, 0.25) is 0 Å². The van der Waals surface area contributed by atoms with Gasteiger partial charge in [0.1, 0.15) is 11.8 Å². The molecule has 5 heteroatoms. The molecule has 2 aromatic carbocycles. The van der Waals surface area contributed by atoms with Gasteiger partial charge in [-0.3, -0.25) is 4.79 Å². The molecule has 1 fully saturated rings. The maximum absolute atomic E-state index is 12.9. The molecule has 5 nitrogen and oxygen atoms in total. The highest BCUT2D eigenvalue weighted by Crippen LogP contribution is 2.25. The molecule has 1 N–H and O–H groups in total. The van der Waals surface area contributed by atoms with E-state index in [2.05, 4.69) is 5.32 Å². The quantitative estimate of drug-likeness (QED) is 0.760. The molecular formula is C21H19NO4. The van der Waals surface area contributed by atoms with E-state index in [9.17, 15) is 4.79 Å². The van der Waals surface area contributed by atoms with Crippen LogP contribution in [0.1, 0.15) is 39.6 Å². The van der Waals surface area contributed by atoms with Crippen LogP contribution in [0, 0.1) is 0 Å². The topological polar surface area (TPSA) is 60.7 Å². The third-order valence-electron chi connectivity index (χ3n) is 4.28. The van der Waals surface area contributed by atoms with Crippen molar-refractivity contribution < 1.29 is 18.7 Å². The number of hydrogen-bond donors (Lipinski definition) is 1. The third kappa shape index (κ3) is 3.54. The van der Waals surface area contributed by atoms with Crippen molar-refractivity contribution in [2.75, 3.05) is 13.2 Å². The smallest absolute Gasteiger partial charge is 0.252 e. The van der Waals surface area contributed by atoms with Crippen LogP contribution in [-0.4, -0.2) is 19.1 Å². The molecule has 3 aromatic rings. The minimum atomic E-state index is -0.405. The van der Waals surface area contributed by atoms with E-state index in [1.165, 1.54) is 0 Å². The average molecular weight is 349 g/mol. The highest BCUT2D eigenvalue weighted by Gasteiger charge is 2.22. The van der Waals surface area contributed by atoms with E-state index in [0.29, 0.717) is 24.5 Å². The van der Waals surface area contributed by atoms with Crippen LogP contribution in [-0.2, 0) is 9.47 Å². The average Bonchev–Trinajstić information content (AvgIpc) is 3.40. The molecule has 0 spiro atoms. The lowest BCUT2D eigenvalue weighted by atomic mass is 10.0. The first-order valence-electron chi connectivity index (χ1n) is 8.53. The SMILES string of the molecule is O=C(N[C@H](c1ccccc1)c1ccco1)c1cccc(C2OCCO2)c1. The van der Waals surface area contributed by atoms with Gasteiger partial charge in [-0.15, -0.1) is 0 Å². The summed E-state index contributed by atoms with van der Waals surface area (Å²) in [5, 5.41) is 3.06. The number of ether oxygens (including phenoxy) is 2. The van der Waals surface area contributed by atoms with E-state index in [0.717, 1.165) is 11.1 Å². The molecule has 0 saturated carbocycles. The molecule has 1 atom stereocenters. The first-order chi connectivity index (χ1) is 12.8. The van der Waals surface area contributed by atoms with Crippen molar-refractivity contribution in [1.29, 1.82) is 0 Å². The highest BCUT2D eigenvalue weighted by atomic mass is 16.7. The number of carbonyl (C=O) groups is 1. The molecule has 1 aliphatic rings. The Labute approximate surface area is 151 Å². The Morgan fingerprint density at radius 2 is 1.77 bits per heavy atom. The molecule has 132 valence electrons. The van der Waals surface area contributed by atoms with Gasteiger partial charge in [0.15, 0.2) is 6.29 Å².